The molecule has 0 N–H and O–H groups in total. The van der Waals surface area contributed by atoms with Gasteiger partial charge in [0.2, 0.25) is 0 Å². The van der Waals surface area contributed by atoms with E-state index in [4.69, 9.17) is 0 Å². The molecule has 0 aliphatic heterocycles. The fourth-order valence-electron chi connectivity index (χ4n) is 2.93. The summed E-state index contributed by atoms with van der Waals surface area (Å²) in [4.78, 5) is 12.7. The zero-order valence-electron chi connectivity index (χ0n) is 16.1. The standard InChI is InChI=1S/C20H26BrNO3S/c1-12(2)15-10-16(13(3)4)19(17(11-15)14(5)6)26(24,25)22-9-7-8-18(21)20(22)23/h7-14H,1-6H3. The van der Waals surface area contributed by atoms with Crippen LogP contribution in [0.3, 0.4) is 0 Å². The van der Waals surface area contributed by atoms with E-state index < -0.39 is 15.6 Å². The number of hydrogen-bond acceptors (Lipinski definition) is 3. The minimum atomic E-state index is -4.01. The van der Waals surface area contributed by atoms with Crippen molar-refractivity contribution < 1.29 is 8.42 Å². The molecular formula is C20H26BrNO3S. The Bertz CT molecular complexity index is 944. The van der Waals surface area contributed by atoms with Gasteiger partial charge < -0.3 is 0 Å². The zero-order valence-corrected chi connectivity index (χ0v) is 18.5. The number of aromatic nitrogens is 1. The summed E-state index contributed by atoms with van der Waals surface area (Å²) in [6.45, 7) is 12.1. The van der Waals surface area contributed by atoms with Crippen LogP contribution in [-0.4, -0.2) is 12.4 Å². The maximum Gasteiger partial charge on any atom is 0.278 e. The molecule has 26 heavy (non-hydrogen) atoms. The summed E-state index contributed by atoms with van der Waals surface area (Å²) in [5, 5.41) is 0. The van der Waals surface area contributed by atoms with Crippen molar-refractivity contribution in [2.45, 2.75) is 64.2 Å². The van der Waals surface area contributed by atoms with E-state index in [-0.39, 0.29) is 27.1 Å². The molecular weight excluding hydrogens is 414 g/mol. The van der Waals surface area contributed by atoms with Gasteiger partial charge in [0.15, 0.2) is 0 Å². The molecule has 142 valence electrons. The highest BCUT2D eigenvalue weighted by Crippen LogP contribution is 2.35. The van der Waals surface area contributed by atoms with Crippen LogP contribution in [0.15, 0.2) is 44.6 Å². The Labute approximate surface area is 164 Å². The molecule has 0 amide bonds. The maximum atomic E-state index is 13.5. The number of benzene rings is 1. The molecule has 0 spiro atoms. The van der Waals surface area contributed by atoms with E-state index in [0.717, 1.165) is 20.7 Å². The van der Waals surface area contributed by atoms with Crippen molar-refractivity contribution in [2.75, 3.05) is 0 Å². The van der Waals surface area contributed by atoms with E-state index in [1.165, 1.54) is 6.20 Å². The summed E-state index contributed by atoms with van der Waals surface area (Å²) >= 11 is 3.14. The summed E-state index contributed by atoms with van der Waals surface area (Å²) in [6, 6.07) is 7.03. The first-order chi connectivity index (χ1) is 12.0. The van der Waals surface area contributed by atoms with Crippen molar-refractivity contribution in [3.63, 3.8) is 0 Å². The molecule has 0 radical (unpaired) electrons. The van der Waals surface area contributed by atoms with Gasteiger partial charge >= 0.3 is 0 Å². The van der Waals surface area contributed by atoms with Crippen molar-refractivity contribution in [1.29, 1.82) is 0 Å². The Kier molecular flexibility index (Phi) is 6.18. The van der Waals surface area contributed by atoms with Crippen LogP contribution in [0.1, 0.15) is 76.0 Å². The largest absolute Gasteiger partial charge is 0.278 e. The molecule has 2 aromatic rings. The molecule has 0 bridgehead atoms. The van der Waals surface area contributed by atoms with Crippen LogP contribution in [0.5, 0.6) is 0 Å². The highest BCUT2D eigenvalue weighted by atomic mass is 79.9. The van der Waals surface area contributed by atoms with E-state index >= 15 is 0 Å². The number of nitrogens with zero attached hydrogens (tertiary/aromatic N) is 1. The van der Waals surface area contributed by atoms with Gasteiger partial charge in [-0.05, 0) is 62.5 Å². The molecule has 0 aliphatic rings. The molecule has 6 heteroatoms. The average molecular weight is 440 g/mol. The molecule has 2 rings (SSSR count). The van der Waals surface area contributed by atoms with Gasteiger partial charge in [0.25, 0.3) is 15.6 Å². The van der Waals surface area contributed by atoms with Gasteiger partial charge in [0.1, 0.15) is 0 Å². The molecule has 0 saturated carbocycles. The lowest BCUT2D eigenvalue weighted by Gasteiger charge is -2.23. The molecule has 1 heterocycles. The number of halogens is 1. The number of rotatable bonds is 5. The first-order valence-electron chi connectivity index (χ1n) is 8.79. The first-order valence-corrected chi connectivity index (χ1v) is 11.0. The third-order valence-corrected chi connectivity index (χ3v) is 6.86. The second-order valence-electron chi connectivity index (χ2n) is 7.45. The Morgan fingerprint density at radius 1 is 0.923 bits per heavy atom. The quantitative estimate of drug-likeness (QED) is 0.641. The molecule has 0 saturated heterocycles. The maximum absolute atomic E-state index is 13.5. The van der Waals surface area contributed by atoms with Crippen molar-refractivity contribution in [3.05, 3.63) is 62.0 Å². The summed E-state index contributed by atoms with van der Waals surface area (Å²) in [5.74, 6) is 0.313. The monoisotopic (exact) mass is 439 g/mol. The second kappa shape index (κ2) is 7.69. The van der Waals surface area contributed by atoms with Crippen LogP contribution in [0.2, 0.25) is 0 Å². The first kappa shape index (κ1) is 20.9. The van der Waals surface area contributed by atoms with E-state index in [2.05, 4.69) is 29.8 Å². The summed E-state index contributed by atoms with van der Waals surface area (Å²) in [6.07, 6.45) is 1.31. The van der Waals surface area contributed by atoms with Crippen LogP contribution < -0.4 is 5.56 Å². The second-order valence-corrected chi connectivity index (χ2v) is 10.1. The summed E-state index contributed by atoms with van der Waals surface area (Å²) in [5.41, 5.74) is 2.04. The number of pyridine rings is 1. The minimum Gasteiger partial charge on any atom is -0.267 e. The van der Waals surface area contributed by atoms with Crippen molar-refractivity contribution in [2.24, 2.45) is 0 Å². The van der Waals surface area contributed by atoms with Gasteiger partial charge in [-0.2, -0.15) is 0 Å². The van der Waals surface area contributed by atoms with Crippen LogP contribution in [0, 0.1) is 0 Å². The molecule has 0 unspecified atom stereocenters. The lowest BCUT2D eigenvalue weighted by Crippen LogP contribution is -2.29. The lowest BCUT2D eigenvalue weighted by atomic mass is 9.89. The molecule has 0 fully saturated rings. The fourth-order valence-corrected chi connectivity index (χ4v) is 5.31. The Morgan fingerprint density at radius 3 is 1.85 bits per heavy atom. The average Bonchev–Trinajstić information content (AvgIpc) is 2.55. The van der Waals surface area contributed by atoms with Crippen LogP contribution in [-0.2, 0) is 10.0 Å². The summed E-state index contributed by atoms with van der Waals surface area (Å²) < 4.78 is 28.0. The highest BCUT2D eigenvalue weighted by Gasteiger charge is 2.29. The SMILES string of the molecule is CC(C)c1cc(C(C)C)c(S(=O)(=O)n2cccc(Br)c2=O)c(C(C)C)c1. The third-order valence-electron chi connectivity index (χ3n) is 4.46. The van der Waals surface area contributed by atoms with Gasteiger partial charge in [0, 0.05) is 6.20 Å². The van der Waals surface area contributed by atoms with Crippen LogP contribution >= 0.6 is 15.9 Å². The van der Waals surface area contributed by atoms with Gasteiger partial charge in [-0.1, -0.05) is 53.7 Å². The molecule has 1 aromatic carbocycles. The van der Waals surface area contributed by atoms with E-state index in [1.54, 1.807) is 12.1 Å². The fraction of sp³-hybridized carbons (Fsp3) is 0.450. The Morgan fingerprint density at radius 2 is 1.42 bits per heavy atom. The normalized spacial score (nSPS) is 12.4. The van der Waals surface area contributed by atoms with Gasteiger partial charge in [-0.25, -0.2) is 12.4 Å². The summed E-state index contributed by atoms with van der Waals surface area (Å²) in [7, 11) is -4.01. The predicted molar refractivity (Wildman–Crippen MR) is 110 cm³/mol. The predicted octanol–water partition coefficient (Wildman–Crippen LogP) is 5.22. The molecule has 0 atom stereocenters. The smallest absolute Gasteiger partial charge is 0.267 e. The highest BCUT2D eigenvalue weighted by molar-refractivity contribution is 9.10. The van der Waals surface area contributed by atoms with Crippen molar-refractivity contribution in [1.82, 2.24) is 3.97 Å². The number of hydrogen-bond donors (Lipinski definition) is 0. The Hall–Kier alpha value is -1.40. The van der Waals surface area contributed by atoms with Gasteiger partial charge in [-0.15, -0.1) is 0 Å². The van der Waals surface area contributed by atoms with Gasteiger partial charge in [0.05, 0.1) is 9.37 Å². The van der Waals surface area contributed by atoms with Crippen molar-refractivity contribution >= 4 is 26.0 Å². The van der Waals surface area contributed by atoms with Crippen molar-refractivity contribution in [3.8, 4) is 0 Å². The molecule has 4 nitrogen and oxygen atoms in total. The third kappa shape index (κ3) is 3.81. The zero-order chi connectivity index (χ0) is 19.8. The molecule has 0 aliphatic carbocycles. The van der Waals surface area contributed by atoms with E-state index in [9.17, 15) is 13.2 Å². The van der Waals surface area contributed by atoms with Crippen LogP contribution in [0.25, 0.3) is 0 Å². The minimum absolute atomic E-state index is 0.0128. The van der Waals surface area contributed by atoms with E-state index in [1.807, 2.05) is 39.8 Å². The topological polar surface area (TPSA) is 56.1 Å². The van der Waals surface area contributed by atoms with Gasteiger partial charge in [-0.3, -0.25) is 4.79 Å². The van der Waals surface area contributed by atoms with Crippen LogP contribution in [0.4, 0.5) is 0 Å². The lowest BCUT2D eigenvalue weighted by molar-refractivity contribution is 0.579. The Balaban J connectivity index is 2.95. The molecule has 1 aromatic heterocycles. The van der Waals surface area contributed by atoms with E-state index in [0.29, 0.717) is 0 Å².